The summed E-state index contributed by atoms with van der Waals surface area (Å²) in [4.78, 5) is 11.7. The van der Waals surface area contributed by atoms with E-state index < -0.39 is 5.97 Å². The fraction of sp³-hybridized carbons (Fsp3) is 0.667. The van der Waals surface area contributed by atoms with Crippen molar-refractivity contribution >= 4 is 11.8 Å². The highest BCUT2D eigenvalue weighted by molar-refractivity contribution is 5.93. The Morgan fingerprint density at radius 2 is 2.50 bits per heavy atom. The third kappa shape index (κ3) is 2.48. The molecule has 100 valence electrons. The number of carbonyl (C=O) groups is 1. The molecular formula is C12H19N3O3. The van der Waals surface area contributed by atoms with Crippen molar-refractivity contribution in [2.75, 3.05) is 25.6 Å². The van der Waals surface area contributed by atoms with Crippen molar-refractivity contribution in [2.45, 2.75) is 26.3 Å². The van der Waals surface area contributed by atoms with Crippen LogP contribution in [0.4, 0.5) is 5.82 Å². The normalized spacial score (nSPS) is 23.9. The summed E-state index contributed by atoms with van der Waals surface area (Å²) in [5.41, 5.74) is 6.08. The van der Waals surface area contributed by atoms with Crippen molar-refractivity contribution in [2.24, 2.45) is 5.92 Å². The van der Waals surface area contributed by atoms with E-state index in [1.807, 2.05) is 0 Å². The van der Waals surface area contributed by atoms with Crippen LogP contribution in [0.1, 0.15) is 36.7 Å². The monoisotopic (exact) mass is 253 g/mol. The maximum absolute atomic E-state index is 11.7. The molecule has 0 radical (unpaired) electrons. The lowest BCUT2D eigenvalue weighted by atomic mass is 9.97. The third-order valence-corrected chi connectivity index (χ3v) is 3.26. The smallest absolute Gasteiger partial charge is 0.343 e. The van der Waals surface area contributed by atoms with Crippen LogP contribution in [0.3, 0.4) is 0 Å². The molecule has 0 aliphatic carbocycles. The van der Waals surface area contributed by atoms with Crippen LogP contribution in [-0.2, 0) is 9.47 Å². The summed E-state index contributed by atoms with van der Waals surface area (Å²) in [6.07, 6.45) is 2.64. The van der Waals surface area contributed by atoms with Crippen LogP contribution < -0.4 is 5.73 Å². The van der Waals surface area contributed by atoms with Gasteiger partial charge in [-0.3, -0.25) is 4.68 Å². The molecule has 1 saturated heterocycles. The number of nitrogen functional groups attached to an aromatic ring is 1. The number of hydrogen-bond donors (Lipinski definition) is 1. The Labute approximate surface area is 106 Å². The van der Waals surface area contributed by atoms with E-state index in [1.54, 1.807) is 17.8 Å². The average Bonchev–Trinajstić information content (AvgIpc) is 2.72. The first-order chi connectivity index (χ1) is 8.63. The average molecular weight is 253 g/mol. The number of carbonyl (C=O) groups excluding carboxylic acids is 1. The van der Waals surface area contributed by atoms with Crippen LogP contribution in [0.15, 0.2) is 6.20 Å². The van der Waals surface area contributed by atoms with Crippen molar-refractivity contribution in [3.8, 4) is 0 Å². The first-order valence-electron chi connectivity index (χ1n) is 6.23. The predicted octanol–water partition coefficient (Wildman–Crippen LogP) is 1.24. The van der Waals surface area contributed by atoms with Gasteiger partial charge in [-0.2, -0.15) is 5.10 Å². The molecule has 2 rings (SSSR count). The second kappa shape index (κ2) is 5.39. The van der Waals surface area contributed by atoms with E-state index in [1.165, 1.54) is 0 Å². The lowest BCUT2D eigenvalue weighted by Crippen LogP contribution is -2.28. The van der Waals surface area contributed by atoms with Crippen molar-refractivity contribution in [3.63, 3.8) is 0 Å². The van der Waals surface area contributed by atoms with Crippen LogP contribution in [0.5, 0.6) is 0 Å². The highest BCUT2D eigenvalue weighted by Gasteiger charge is 2.26. The number of hydrogen-bond acceptors (Lipinski definition) is 5. The van der Waals surface area contributed by atoms with E-state index in [-0.39, 0.29) is 11.9 Å². The summed E-state index contributed by atoms with van der Waals surface area (Å²) < 4.78 is 12.1. The molecule has 6 heteroatoms. The molecule has 2 atom stereocenters. The van der Waals surface area contributed by atoms with Gasteiger partial charge in [-0.05, 0) is 19.3 Å². The number of nitrogens with zero attached hydrogens (tertiary/aromatic N) is 2. The minimum Gasteiger partial charge on any atom is -0.462 e. The molecule has 0 amide bonds. The third-order valence-electron chi connectivity index (χ3n) is 3.26. The molecule has 6 nitrogen and oxygen atoms in total. The molecule has 0 unspecified atom stereocenters. The van der Waals surface area contributed by atoms with Gasteiger partial charge in [0, 0.05) is 12.8 Å². The van der Waals surface area contributed by atoms with Crippen molar-refractivity contribution in [3.05, 3.63) is 11.8 Å². The van der Waals surface area contributed by atoms with Crippen LogP contribution in [0.2, 0.25) is 0 Å². The molecule has 0 bridgehead atoms. The van der Waals surface area contributed by atoms with Gasteiger partial charge in [0.05, 0.1) is 19.3 Å². The molecule has 0 aromatic carbocycles. The van der Waals surface area contributed by atoms with Gasteiger partial charge < -0.3 is 15.2 Å². The summed E-state index contributed by atoms with van der Waals surface area (Å²) in [7, 11) is 0. The Balaban J connectivity index is 2.19. The van der Waals surface area contributed by atoms with Gasteiger partial charge in [0.25, 0.3) is 0 Å². The molecule has 1 aliphatic heterocycles. The molecule has 0 saturated carbocycles. The Hall–Kier alpha value is -1.56. The number of aromatic nitrogens is 2. The van der Waals surface area contributed by atoms with Gasteiger partial charge >= 0.3 is 5.97 Å². The van der Waals surface area contributed by atoms with Crippen molar-refractivity contribution in [1.29, 1.82) is 0 Å². The predicted molar refractivity (Wildman–Crippen MR) is 66.2 cm³/mol. The van der Waals surface area contributed by atoms with Crippen molar-refractivity contribution < 1.29 is 14.3 Å². The highest BCUT2D eigenvalue weighted by atomic mass is 16.5. The lowest BCUT2D eigenvalue weighted by Gasteiger charge is -2.28. The topological polar surface area (TPSA) is 79.4 Å². The second-order valence-corrected chi connectivity index (χ2v) is 4.54. The molecule has 2 N–H and O–H groups in total. The van der Waals surface area contributed by atoms with E-state index in [4.69, 9.17) is 15.2 Å². The SMILES string of the molecule is CCOC(=O)c1cn([C@H]2COCC[C@@H]2C)nc1N. The number of esters is 1. The van der Waals surface area contributed by atoms with Crippen LogP contribution in [0.25, 0.3) is 0 Å². The van der Waals surface area contributed by atoms with E-state index in [2.05, 4.69) is 12.0 Å². The van der Waals surface area contributed by atoms with Gasteiger partial charge in [-0.25, -0.2) is 4.79 Å². The Morgan fingerprint density at radius 1 is 1.72 bits per heavy atom. The van der Waals surface area contributed by atoms with E-state index in [0.29, 0.717) is 24.7 Å². The minimum absolute atomic E-state index is 0.129. The minimum atomic E-state index is -0.425. The fourth-order valence-corrected chi connectivity index (χ4v) is 2.11. The largest absolute Gasteiger partial charge is 0.462 e. The zero-order valence-electron chi connectivity index (χ0n) is 10.8. The van der Waals surface area contributed by atoms with Gasteiger partial charge in [0.2, 0.25) is 0 Å². The van der Waals surface area contributed by atoms with E-state index in [0.717, 1.165) is 13.0 Å². The molecule has 1 aliphatic rings. The quantitative estimate of drug-likeness (QED) is 0.820. The number of ether oxygens (including phenoxy) is 2. The lowest BCUT2D eigenvalue weighted by molar-refractivity contribution is 0.0237. The standard InChI is InChI=1S/C12H19N3O3/c1-3-18-12(16)9-6-15(14-11(9)13)10-7-17-5-4-8(10)2/h6,8,10H,3-5,7H2,1-2H3,(H2,13,14)/t8-,10-/m0/s1. The van der Waals surface area contributed by atoms with Crippen LogP contribution in [-0.4, -0.2) is 35.6 Å². The van der Waals surface area contributed by atoms with Gasteiger partial charge in [-0.1, -0.05) is 6.92 Å². The van der Waals surface area contributed by atoms with E-state index in [9.17, 15) is 4.79 Å². The summed E-state index contributed by atoms with van der Waals surface area (Å²) in [6, 6.07) is 0.129. The molecule has 0 spiro atoms. The molecular weight excluding hydrogens is 234 g/mol. The molecule has 2 heterocycles. The van der Waals surface area contributed by atoms with Crippen molar-refractivity contribution in [1.82, 2.24) is 9.78 Å². The molecule has 1 aromatic heterocycles. The molecule has 18 heavy (non-hydrogen) atoms. The second-order valence-electron chi connectivity index (χ2n) is 4.54. The summed E-state index contributed by atoms with van der Waals surface area (Å²) in [6.45, 7) is 5.61. The maximum Gasteiger partial charge on any atom is 0.343 e. The molecule has 1 aromatic rings. The van der Waals surface area contributed by atoms with Crippen LogP contribution >= 0.6 is 0 Å². The first-order valence-corrected chi connectivity index (χ1v) is 6.23. The number of rotatable bonds is 3. The Bertz CT molecular complexity index is 430. The zero-order valence-corrected chi connectivity index (χ0v) is 10.8. The Kier molecular flexibility index (Phi) is 3.86. The summed E-state index contributed by atoms with van der Waals surface area (Å²) in [5.74, 6) is 0.241. The van der Waals surface area contributed by atoms with Gasteiger partial charge in [0.15, 0.2) is 5.82 Å². The van der Waals surface area contributed by atoms with Gasteiger partial charge in [0.1, 0.15) is 5.56 Å². The van der Waals surface area contributed by atoms with Crippen LogP contribution in [0, 0.1) is 5.92 Å². The highest BCUT2D eigenvalue weighted by Crippen LogP contribution is 2.27. The number of nitrogens with two attached hydrogens (primary N) is 1. The summed E-state index contributed by atoms with van der Waals surface area (Å²) >= 11 is 0. The number of anilines is 1. The first kappa shape index (κ1) is 12.9. The summed E-state index contributed by atoms with van der Waals surface area (Å²) in [5, 5.41) is 4.20. The van der Waals surface area contributed by atoms with Gasteiger partial charge in [-0.15, -0.1) is 0 Å². The van der Waals surface area contributed by atoms with E-state index >= 15 is 0 Å². The fourth-order valence-electron chi connectivity index (χ4n) is 2.11. The zero-order chi connectivity index (χ0) is 13.1. The molecule has 1 fully saturated rings. The Morgan fingerprint density at radius 3 is 3.17 bits per heavy atom. The maximum atomic E-state index is 11.7.